The van der Waals surface area contributed by atoms with Crippen LogP contribution in [0.4, 0.5) is 10.1 Å². The van der Waals surface area contributed by atoms with E-state index in [0.717, 1.165) is 6.07 Å². The van der Waals surface area contributed by atoms with Crippen LogP contribution in [0.1, 0.15) is 20.8 Å². The van der Waals surface area contributed by atoms with Gasteiger partial charge in [0.2, 0.25) is 0 Å². The lowest BCUT2D eigenvalue weighted by atomic mass is 10.2. The maximum atomic E-state index is 13.6. The third-order valence-electron chi connectivity index (χ3n) is 2.30. The first-order chi connectivity index (χ1) is 9.11. The van der Waals surface area contributed by atoms with Crippen LogP contribution in [0.15, 0.2) is 29.1 Å². The van der Waals surface area contributed by atoms with Gasteiger partial charge in [0.05, 0.1) is 23.9 Å². The van der Waals surface area contributed by atoms with Gasteiger partial charge in [-0.05, 0) is 18.2 Å². The van der Waals surface area contributed by atoms with E-state index < -0.39 is 17.7 Å². The zero-order valence-corrected chi connectivity index (χ0v) is 10.7. The summed E-state index contributed by atoms with van der Waals surface area (Å²) in [5, 5.41) is 3.89. The first-order valence-corrected chi connectivity index (χ1v) is 6.13. The number of hydrogen-bond acceptors (Lipinski definition) is 5. The smallest absolute Gasteiger partial charge is 0.337 e. The number of nitrogens with one attached hydrogen (secondary N) is 1. The molecular weight excluding hydrogens is 271 g/mol. The molecule has 2 aromatic rings. The van der Waals surface area contributed by atoms with Gasteiger partial charge >= 0.3 is 5.97 Å². The molecule has 1 heterocycles. The van der Waals surface area contributed by atoms with Crippen molar-refractivity contribution in [3.05, 3.63) is 46.2 Å². The Kier molecular flexibility index (Phi) is 3.86. The molecule has 1 aromatic carbocycles. The molecule has 5 nitrogen and oxygen atoms in total. The molecular formula is C12H9FN2O3S. The number of anilines is 1. The summed E-state index contributed by atoms with van der Waals surface area (Å²) < 4.78 is 18.1. The number of halogens is 1. The Morgan fingerprint density at radius 3 is 2.84 bits per heavy atom. The van der Waals surface area contributed by atoms with Crippen molar-refractivity contribution in [2.45, 2.75) is 0 Å². The fraction of sp³-hybridized carbons (Fsp3) is 0.0833. The molecule has 0 radical (unpaired) electrons. The van der Waals surface area contributed by atoms with Crippen LogP contribution in [-0.4, -0.2) is 24.0 Å². The Morgan fingerprint density at radius 2 is 2.21 bits per heavy atom. The number of ether oxygens (including phenoxy) is 1. The van der Waals surface area contributed by atoms with Crippen molar-refractivity contribution in [1.82, 2.24) is 4.98 Å². The maximum absolute atomic E-state index is 13.6. The van der Waals surface area contributed by atoms with E-state index in [1.807, 2.05) is 0 Å². The molecule has 0 fully saturated rings. The monoisotopic (exact) mass is 280 g/mol. The van der Waals surface area contributed by atoms with Gasteiger partial charge in [-0.15, -0.1) is 11.3 Å². The summed E-state index contributed by atoms with van der Waals surface area (Å²) in [6.45, 7) is 0. The fourth-order valence-electron chi connectivity index (χ4n) is 1.38. The summed E-state index contributed by atoms with van der Waals surface area (Å²) in [5.74, 6) is -1.79. The van der Waals surface area contributed by atoms with Crippen LogP contribution in [0.25, 0.3) is 0 Å². The highest BCUT2D eigenvalue weighted by atomic mass is 32.1. The molecule has 0 aliphatic heterocycles. The second kappa shape index (κ2) is 5.57. The standard InChI is InChI=1S/C12H9FN2O3S/c1-18-12(17)7-2-3-8(13)9(4-7)15-11(16)10-5-19-6-14-10/h2-6H,1H3,(H,15,16). The number of rotatable bonds is 3. The van der Waals surface area contributed by atoms with Gasteiger partial charge in [0.1, 0.15) is 11.5 Å². The van der Waals surface area contributed by atoms with Crippen molar-refractivity contribution in [3.8, 4) is 0 Å². The van der Waals surface area contributed by atoms with E-state index in [4.69, 9.17) is 0 Å². The fourth-order valence-corrected chi connectivity index (χ4v) is 1.91. The quantitative estimate of drug-likeness (QED) is 0.876. The van der Waals surface area contributed by atoms with Gasteiger partial charge in [0.25, 0.3) is 5.91 Å². The first kappa shape index (κ1) is 13.2. The van der Waals surface area contributed by atoms with Gasteiger partial charge in [0, 0.05) is 5.38 Å². The van der Waals surface area contributed by atoms with Crippen molar-refractivity contribution in [1.29, 1.82) is 0 Å². The van der Waals surface area contributed by atoms with E-state index in [1.54, 1.807) is 0 Å². The number of hydrogen-bond donors (Lipinski definition) is 1. The number of thiazole rings is 1. The third-order valence-corrected chi connectivity index (χ3v) is 2.89. The van der Waals surface area contributed by atoms with E-state index >= 15 is 0 Å². The van der Waals surface area contributed by atoms with Gasteiger partial charge in [-0.3, -0.25) is 4.79 Å². The largest absolute Gasteiger partial charge is 0.465 e. The van der Waals surface area contributed by atoms with Gasteiger partial charge in [-0.2, -0.15) is 0 Å². The summed E-state index contributed by atoms with van der Waals surface area (Å²) in [6.07, 6.45) is 0. The van der Waals surface area contributed by atoms with Crippen molar-refractivity contribution in [2.75, 3.05) is 12.4 Å². The Morgan fingerprint density at radius 1 is 1.42 bits per heavy atom. The zero-order valence-electron chi connectivity index (χ0n) is 9.84. The SMILES string of the molecule is COC(=O)c1ccc(F)c(NC(=O)c2cscn2)c1. The van der Waals surface area contributed by atoms with Gasteiger partial charge in [0.15, 0.2) is 0 Å². The van der Waals surface area contributed by atoms with E-state index in [0.29, 0.717) is 0 Å². The first-order valence-electron chi connectivity index (χ1n) is 5.19. The third kappa shape index (κ3) is 2.94. The highest BCUT2D eigenvalue weighted by molar-refractivity contribution is 7.07. The van der Waals surface area contributed by atoms with Crippen LogP contribution in [-0.2, 0) is 4.74 Å². The van der Waals surface area contributed by atoms with Crippen LogP contribution < -0.4 is 5.32 Å². The summed E-state index contributed by atoms with van der Waals surface area (Å²) in [5.41, 5.74) is 1.74. The van der Waals surface area contributed by atoms with Crippen LogP contribution in [0.5, 0.6) is 0 Å². The van der Waals surface area contributed by atoms with Crippen LogP contribution >= 0.6 is 11.3 Å². The summed E-state index contributed by atoms with van der Waals surface area (Å²) >= 11 is 1.25. The van der Waals surface area contributed by atoms with Crippen LogP contribution in [0, 0.1) is 5.82 Å². The molecule has 0 aliphatic carbocycles. The normalized spacial score (nSPS) is 10.0. The minimum Gasteiger partial charge on any atom is -0.465 e. The predicted octanol–water partition coefficient (Wildman–Crippen LogP) is 2.32. The summed E-state index contributed by atoms with van der Waals surface area (Å²) in [7, 11) is 1.22. The lowest BCUT2D eigenvalue weighted by Crippen LogP contribution is -2.14. The molecule has 0 aliphatic rings. The Hall–Kier alpha value is -2.28. The molecule has 7 heteroatoms. The van der Waals surface area contributed by atoms with Crippen molar-refractivity contribution in [2.24, 2.45) is 0 Å². The zero-order chi connectivity index (χ0) is 13.8. The summed E-state index contributed by atoms with van der Waals surface area (Å²) in [4.78, 5) is 26.9. The molecule has 2 rings (SSSR count). The topological polar surface area (TPSA) is 68.3 Å². The van der Waals surface area contributed by atoms with E-state index in [2.05, 4.69) is 15.0 Å². The molecule has 0 unspecified atom stereocenters. The van der Waals surface area contributed by atoms with Gasteiger partial charge in [-0.25, -0.2) is 14.2 Å². The predicted molar refractivity (Wildman–Crippen MR) is 67.8 cm³/mol. The number of amides is 1. The Labute approximate surface area is 112 Å². The van der Waals surface area contributed by atoms with Crippen molar-refractivity contribution in [3.63, 3.8) is 0 Å². The van der Waals surface area contributed by atoms with E-state index in [9.17, 15) is 14.0 Å². The molecule has 19 heavy (non-hydrogen) atoms. The molecule has 1 amide bonds. The van der Waals surface area contributed by atoms with E-state index in [-0.39, 0.29) is 16.9 Å². The average molecular weight is 280 g/mol. The number of carbonyl (C=O) groups excluding carboxylic acids is 2. The second-order valence-electron chi connectivity index (χ2n) is 3.51. The lowest BCUT2D eigenvalue weighted by Gasteiger charge is -2.06. The van der Waals surface area contributed by atoms with Gasteiger partial charge in [-0.1, -0.05) is 0 Å². The lowest BCUT2D eigenvalue weighted by molar-refractivity contribution is 0.0600. The molecule has 1 aromatic heterocycles. The Bertz CT molecular complexity index is 613. The maximum Gasteiger partial charge on any atom is 0.337 e. The molecule has 0 atom stereocenters. The molecule has 1 N–H and O–H groups in total. The van der Waals surface area contributed by atoms with Gasteiger partial charge < -0.3 is 10.1 Å². The molecule has 0 saturated heterocycles. The number of nitrogens with zero attached hydrogens (tertiary/aromatic N) is 1. The van der Waals surface area contributed by atoms with E-state index in [1.165, 1.54) is 41.5 Å². The highest BCUT2D eigenvalue weighted by Crippen LogP contribution is 2.18. The number of methoxy groups -OCH3 is 1. The molecule has 0 saturated carbocycles. The van der Waals surface area contributed by atoms with Crippen LogP contribution in [0.2, 0.25) is 0 Å². The minimum absolute atomic E-state index is 0.0964. The molecule has 98 valence electrons. The molecule has 0 spiro atoms. The van der Waals surface area contributed by atoms with Crippen LogP contribution in [0.3, 0.4) is 0 Å². The summed E-state index contributed by atoms with van der Waals surface area (Å²) in [6, 6.07) is 3.58. The number of aromatic nitrogens is 1. The number of benzene rings is 1. The second-order valence-corrected chi connectivity index (χ2v) is 4.23. The average Bonchev–Trinajstić information content (AvgIpc) is 2.94. The van der Waals surface area contributed by atoms with Crippen molar-refractivity contribution >= 4 is 28.9 Å². The highest BCUT2D eigenvalue weighted by Gasteiger charge is 2.14. The molecule has 0 bridgehead atoms. The minimum atomic E-state index is -0.642. The van der Waals surface area contributed by atoms with Crippen molar-refractivity contribution < 1.29 is 18.7 Å². The number of esters is 1. The number of carbonyl (C=O) groups is 2. The Balaban J connectivity index is 2.24.